The minimum absolute atomic E-state index is 0.298. The van der Waals surface area contributed by atoms with Gasteiger partial charge in [-0.15, -0.1) is 0 Å². The van der Waals surface area contributed by atoms with E-state index in [-0.39, 0.29) is 0 Å². The number of alkyl halides is 2. The number of aromatic nitrogens is 2. The Morgan fingerprint density at radius 1 is 1.41 bits per heavy atom. The zero-order valence-corrected chi connectivity index (χ0v) is 10.8. The van der Waals surface area contributed by atoms with Gasteiger partial charge in [-0.2, -0.15) is 5.10 Å². The van der Waals surface area contributed by atoms with Crippen molar-refractivity contribution in [2.24, 2.45) is 0 Å². The summed E-state index contributed by atoms with van der Waals surface area (Å²) in [5.74, 6) is 0. The Labute approximate surface area is 105 Å². The summed E-state index contributed by atoms with van der Waals surface area (Å²) in [6.07, 6.45) is 0.555. The Hall–Kier alpha value is -0.680. The first-order chi connectivity index (χ1) is 8.11. The molecule has 3 nitrogen and oxygen atoms in total. The first kappa shape index (κ1) is 14.4. The predicted octanol–water partition coefficient (Wildman–Crippen LogP) is 3.25. The Morgan fingerprint density at radius 3 is 2.65 bits per heavy atom. The molecule has 0 saturated carbocycles. The molecule has 6 heteroatoms. The summed E-state index contributed by atoms with van der Waals surface area (Å²) in [6.45, 7) is 5.03. The van der Waals surface area contributed by atoms with Gasteiger partial charge in [0.15, 0.2) is 0 Å². The second-order valence-electron chi connectivity index (χ2n) is 3.87. The Balaban J connectivity index is 2.95. The number of aryl methyl sites for hydroxylation is 1. The molecule has 1 heterocycles. The Kier molecular flexibility index (Phi) is 5.85. The summed E-state index contributed by atoms with van der Waals surface area (Å²) in [7, 11) is 0. The van der Waals surface area contributed by atoms with Gasteiger partial charge in [-0.05, 0) is 19.4 Å². The van der Waals surface area contributed by atoms with Crippen LogP contribution in [0.15, 0.2) is 6.20 Å². The number of halogens is 3. The molecule has 1 rings (SSSR count). The van der Waals surface area contributed by atoms with E-state index in [9.17, 15) is 8.78 Å². The SMILES string of the molecule is CCCNC(c1c(Cl)cnn1CCC)C(F)F. The average Bonchev–Trinajstić information content (AvgIpc) is 2.62. The van der Waals surface area contributed by atoms with Crippen LogP contribution < -0.4 is 5.32 Å². The second-order valence-corrected chi connectivity index (χ2v) is 4.27. The monoisotopic (exact) mass is 265 g/mol. The highest BCUT2D eigenvalue weighted by molar-refractivity contribution is 6.31. The third kappa shape index (κ3) is 3.64. The Bertz CT molecular complexity index is 341. The summed E-state index contributed by atoms with van der Waals surface area (Å²) >= 11 is 5.94. The van der Waals surface area contributed by atoms with Crippen molar-refractivity contribution in [3.63, 3.8) is 0 Å². The number of nitrogens with one attached hydrogen (secondary N) is 1. The number of hydrogen-bond acceptors (Lipinski definition) is 2. The van der Waals surface area contributed by atoms with Crippen molar-refractivity contribution in [1.29, 1.82) is 0 Å². The van der Waals surface area contributed by atoms with Gasteiger partial charge in [0.25, 0.3) is 6.43 Å². The van der Waals surface area contributed by atoms with Crippen molar-refractivity contribution in [3.8, 4) is 0 Å². The van der Waals surface area contributed by atoms with Crippen molar-refractivity contribution in [1.82, 2.24) is 15.1 Å². The van der Waals surface area contributed by atoms with Gasteiger partial charge in [0.1, 0.15) is 6.04 Å². The molecule has 0 bridgehead atoms. The normalized spacial score (nSPS) is 13.3. The average molecular weight is 266 g/mol. The highest BCUT2D eigenvalue weighted by atomic mass is 35.5. The molecule has 0 radical (unpaired) electrons. The maximum absolute atomic E-state index is 13.0. The fourth-order valence-electron chi connectivity index (χ4n) is 1.68. The molecule has 0 amide bonds. The number of nitrogens with zero attached hydrogens (tertiary/aromatic N) is 2. The van der Waals surface area contributed by atoms with Crippen LogP contribution in [-0.4, -0.2) is 22.8 Å². The molecular formula is C11H18ClF2N3. The van der Waals surface area contributed by atoms with Gasteiger partial charge in [0.2, 0.25) is 0 Å². The van der Waals surface area contributed by atoms with E-state index in [0.717, 1.165) is 12.8 Å². The molecule has 1 aromatic heterocycles. The van der Waals surface area contributed by atoms with Crippen molar-refractivity contribution < 1.29 is 8.78 Å². The highest BCUT2D eigenvalue weighted by Gasteiger charge is 2.27. The van der Waals surface area contributed by atoms with E-state index < -0.39 is 12.5 Å². The van der Waals surface area contributed by atoms with E-state index >= 15 is 0 Å². The fraction of sp³-hybridized carbons (Fsp3) is 0.727. The first-order valence-corrected chi connectivity index (χ1v) is 6.22. The van der Waals surface area contributed by atoms with Crippen molar-refractivity contribution in [2.75, 3.05) is 6.54 Å². The lowest BCUT2D eigenvalue weighted by Crippen LogP contribution is -2.30. The zero-order valence-electron chi connectivity index (χ0n) is 10.1. The summed E-state index contributed by atoms with van der Waals surface area (Å²) in [5.41, 5.74) is 0.386. The smallest absolute Gasteiger partial charge is 0.259 e. The maximum Gasteiger partial charge on any atom is 0.259 e. The van der Waals surface area contributed by atoms with Gasteiger partial charge < -0.3 is 5.32 Å². The standard InChI is InChI=1S/C11H18ClF2N3/c1-3-5-15-9(11(13)14)10-8(12)7-16-17(10)6-4-2/h7,9,11,15H,3-6H2,1-2H3. The molecule has 0 spiro atoms. The fourth-order valence-corrected chi connectivity index (χ4v) is 1.93. The van der Waals surface area contributed by atoms with Crippen LogP contribution in [0.5, 0.6) is 0 Å². The van der Waals surface area contributed by atoms with Crippen LogP contribution in [0, 0.1) is 0 Å². The molecule has 0 aliphatic rings. The van der Waals surface area contributed by atoms with Crippen LogP contribution in [-0.2, 0) is 6.54 Å². The molecule has 0 aliphatic carbocycles. The largest absolute Gasteiger partial charge is 0.304 e. The lowest BCUT2D eigenvalue weighted by Gasteiger charge is -2.19. The quantitative estimate of drug-likeness (QED) is 0.820. The molecule has 1 atom stereocenters. The summed E-state index contributed by atoms with van der Waals surface area (Å²) < 4.78 is 27.6. The van der Waals surface area contributed by atoms with Gasteiger partial charge in [0.05, 0.1) is 16.9 Å². The van der Waals surface area contributed by atoms with Crippen LogP contribution in [0.25, 0.3) is 0 Å². The van der Waals surface area contributed by atoms with E-state index in [0.29, 0.717) is 23.8 Å². The third-order valence-corrected chi connectivity index (χ3v) is 2.72. The van der Waals surface area contributed by atoms with Gasteiger partial charge in [0, 0.05) is 6.54 Å². The molecule has 0 saturated heterocycles. The first-order valence-electron chi connectivity index (χ1n) is 5.84. The summed E-state index contributed by atoms with van der Waals surface area (Å²) in [4.78, 5) is 0. The van der Waals surface area contributed by atoms with Crippen LogP contribution in [0.1, 0.15) is 38.4 Å². The van der Waals surface area contributed by atoms with Crippen LogP contribution in [0.3, 0.4) is 0 Å². The predicted molar refractivity (Wildman–Crippen MR) is 64.6 cm³/mol. The molecule has 17 heavy (non-hydrogen) atoms. The molecule has 1 N–H and O–H groups in total. The van der Waals surface area contributed by atoms with E-state index in [1.807, 2.05) is 13.8 Å². The van der Waals surface area contributed by atoms with E-state index in [1.54, 1.807) is 4.68 Å². The van der Waals surface area contributed by atoms with Crippen LogP contribution in [0.2, 0.25) is 5.02 Å². The van der Waals surface area contributed by atoms with E-state index in [4.69, 9.17) is 11.6 Å². The number of rotatable bonds is 7. The maximum atomic E-state index is 13.0. The molecule has 1 unspecified atom stereocenters. The van der Waals surface area contributed by atoms with Crippen LogP contribution >= 0.6 is 11.6 Å². The van der Waals surface area contributed by atoms with Crippen LogP contribution in [0.4, 0.5) is 8.78 Å². The minimum atomic E-state index is -2.49. The van der Waals surface area contributed by atoms with Gasteiger partial charge in [-0.3, -0.25) is 4.68 Å². The van der Waals surface area contributed by atoms with Crippen molar-refractivity contribution in [2.45, 2.75) is 45.7 Å². The van der Waals surface area contributed by atoms with Crippen molar-refractivity contribution in [3.05, 3.63) is 16.9 Å². The van der Waals surface area contributed by atoms with E-state index in [2.05, 4.69) is 10.4 Å². The lowest BCUT2D eigenvalue weighted by molar-refractivity contribution is 0.0942. The molecule has 0 aromatic carbocycles. The molecule has 0 aliphatic heterocycles. The van der Waals surface area contributed by atoms with Gasteiger partial charge in [-0.1, -0.05) is 25.4 Å². The van der Waals surface area contributed by atoms with Gasteiger partial charge in [-0.25, -0.2) is 8.78 Å². The molecule has 1 aromatic rings. The van der Waals surface area contributed by atoms with Gasteiger partial charge >= 0.3 is 0 Å². The third-order valence-electron chi connectivity index (χ3n) is 2.43. The molecular weight excluding hydrogens is 248 g/mol. The summed E-state index contributed by atoms with van der Waals surface area (Å²) in [5, 5.41) is 7.14. The Morgan fingerprint density at radius 2 is 2.12 bits per heavy atom. The second kappa shape index (κ2) is 6.91. The topological polar surface area (TPSA) is 29.9 Å². The molecule has 0 fully saturated rings. The number of hydrogen-bond donors (Lipinski definition) is 1. The zero-order chi connectivity index (χ0) is 12.8. The molecule has 98 valence electrons. The van der Waals surface area contributed by atoms with Crippen molar-refractivity contribution >= 4 is 11.6 Å². The minimum Gasteiger partial charge on any atom is -0.304 e. The summed E-state index contributed by atoms with van der Waals surface area (Å²) in [6, 6.07) is -1.04. The van der Waals surface area contributed by atoms with E-state index in [1.165, 1.54) is 6.20 Å². The lowest BCUT2D eigenvalue weighted by atomic mass is 10.2. The highest BCUT2D eigenvalue weighted by Crippen LogP contribution is 2.27.